The Morgan fingerprint density at radius 2 is 1.77 bits per heavy atom. The summed E-state index contributed by atoms with van der Waals surface area (Å²) in [4.78, 5) is 11.2. The minimum atomic E-state index is -3.26. The van der Waals surface area contributed by atoms with E-state index < -0.39 is 21.0 Å². The van der Waals surface area contributed by atoms with Crippen molar-refractivity contribution in [2.75, 3.05) is 12.8 Å². The molecule has 0 aliphatic rings. The number of sulfone groups is 1. The summed E-state index contributed by atoms with van der Waals surface area (Å²) in [5.74, 6) is -0.0908. The molecule has 0 spiro atoms. The molecule has 78 valence electrons. The number of carbonyl (C=O) groups is 1. The first-order chi connectivity index (χ1) is 5.75. The summed E-state index contributed by atoms with van der Waals surface area (Å²) in [6, 6.07) is 0. The summed E-state index contributed by atoms with van der Waals surface area (Å²) in [5, 5.41) is 1.62. The Balaban J connectivity index is 4.14. The van der Waals surface area contributed by atoms with E-state index in [4.69, 9.17) is 0 Å². The van der Waals surface area contributed by atoms with Crippen LogP contribution < -0.4 is 5.32 Å². The van der Waals surface area contributed by atoms with Gasteiger partial charge in [-0.3, -0.25) is 4.79 Å². The molecule has 1 N–H and O–H groups in total. The Morgan fingerprint density at radius 3 is 2.08 bits per heavy atom. The fourth-order valence-corrected chi connectivity index (χ4v) is 1.12. The summed E-state index contributed by atoms with van der Waals surface area (Å²) in [5.41, 5.74) is 0. The van der Waals surface area contributed by atoms with Gasteiger partial charge in [0, 0.05) is 12.8 Å². The molecule has 0 saturated heterocycles. The van der Waals surface area contributed by atoms with Crippen molar-refractivity contribution in [3.8, 4) is 0 Å². The highest BCUT2D eigenvalue weighted by molar-refractivity contribution is 7.92. The third-order valence-electron chi connectivity index (χ3n) is 1.70. The minimum absolute atomic E-state index is 0.329. The third-order valence-corrected chi connectivity index (χ3v) is 3.19. The van der Waals surface area contributed by atoms with Crippen LogP contribution in [0.25, 0.3) is 0 Å². The SMILES string of the molecule is CC(C)CNC(=O)C(C)S(C)(=O)=O. The van der Waals surface area contributed by atoms with Crippen molar-refractivity contribution in [2.24, 2.45) is 5.92 Å². The molecule has 0 rings (SSSR count). The maximum Gasteiger partial charge on any atom is 0.238 e. The maximum absolute atomic E-state index is 11.2. The molecule has 0 fully saturated rings. The first kappa shape index (κ1) is 12.4. The molecule has 1 unspecified atom stereocenters. The van der Waals surface area contributed by atoms with Gasteiger partial charge >= 0.3 is 0 Å². The second-order valence-electron chi connectivity index (χ2n) is 3.61. The first-order valence-corrected chi connectivity index (χ1v) is 6.17. The van der Waals surface area contributed by atoms with E-state index in [0.29, 0.717) is 12.5 Å². The van der Waals surface area contributed by atoms with E-state index in [-0.39, 0.29) is 0 Å². The lowest BCUT2D eigenvalue weighted by Crippen LogP contribution is -2.38. The molecule has 0 radical (unpaired) electrons. The predicted octanol–water partition coefficient (Wildman–Crippen LogP) is 0.192. The lowest BCUT2D eigenvalue weighted by Gasteiger charge is -2.11. The van der Waals surface area contributed by atoms with Crippen molar-refractivity contribution in [1.82, 2.24) is 5.32 Å². The molecule has 0 heterocycles. The van der Waals surface area contributed by atoms with Gasteiger partial charge in [-0.1, -0.05) is 13.8 Å². The average molecular weight is 207 g/mol. The van der Waals surface area contributed by atoms with Crippen LogP contribution in [0.5, 0.6) is 0 Å². The van der Waals surface area contributed by atoms with Gasteiger partial charge in [-0.25, -0.2) is 8.42 Å². The first-order valence-electron chi connectivity index (χ1n) is 4.21. The quantitative estimate of drug-likeness (QED) is 0.716. The van der Waals surface area contributed by atoms with Crippen molar-refractivity contribution in [2.45, 2.75) is 26.0 Å². The van der Waals surface area contributed by atoms with Gasteiger partial charge in [0.25, 0.3) is 0 Å². The fraction of sp³-hybridized carbons (Fsp3) is 0.875. The van der Waals surface area contributed by atoms with E-state index in [1.54, 1.807) is 0 Å². The van der Waals surface area contributed by atoms with Gasteiger partial charge in [-0.05, 0) is 12.8 Å². The van der Waals surface area contributed by atoms with Crippen LogP contribution in [0, 0.1) is 5.92 Å². The van der Waals surface area contributed by atoms with Crippen molar-refractivity contribution in [3.05, 3.63) is 0 Å². The number of hydrogen-bond donors (Lipinski definition) is 1. The Labute approximate surface area is 79.6 Å². The molecule has 1 amide bonds. The van der Waals surface area contributed by atoms with Gasteiger partial charge < -0.3 is 5.32 Å². The maximum atomic E-state index is 11.2. The van der Waals surface area contributed by atoms with Gasteiger partial charge in [0.2, 0.25) is 5.91 Å². The zero-order chi connectivity index (χ0) is 10.6. The lowest BCUT2D eigenvalue weighted by molar-refractivity contribution is -0.120. The number of amides is 1. The van der Waals surface area contributed by atoms with Gasteiger partial charge in [0.15, 0.2) is 9.84 Å². The van der Waals surface area contributed by atoms with Crippen molar-refractivity contribution in [1.29, 1.82) is 0 Å². The Kier molecular flexibility index (Phi) is 4.39. The van der Waals surface area contributed by atoms with Gasteiger partial charge in [0.05, 0.1) is 0 Å². The molecule has 0 aromatic rings. The number of rotatable bonds is 4. The highest BCUT2D eigenvalue weighted by atomic mass is 32.2. The molecule has 5 heteroatoms. The average Bonchev–Trinajstić information content (AvgIpc) is 1.96. The van der Waals surface area contributed by atoms with E-state index in [0.717, 1.165) is 6.26 Å². The number of carbonyl (C=O) groups excluding carboxylic acids is 1. The molecule has 0 aliphatic heterocycles. The molecule has 0 aromatic carbocycles. The largest absolute Gasteiger partial charge is 0.355 e. The van der Waals surface area contributed by atoms with Crippen LogP contribution in [-0.2, 0) is 14.6 Å². The summed E-state index contributed by atoms with van der Waals surface area (Å²) in [6.45, 7) is 5.81. The predicted molar refractivity (Wildman–Crippen MR) is 52.2 cm³/mol. The van der Waals surface area contributed by atoms with Crippen LogP contribution in [0.1, 0.15) is 20.8 Å². The zero-order valence-electron chi connectivity index (χ0n) is 8.49. The molecule has 4 nitrogen and oxygen atoms in total. The molecule has 0 aromatic heterocycles. The summed E-state index contributed by atoms with van der Waals surface area (Å²) in [7, 11) is -3.26. The van der Waals surface area contributed by atoms with Crippen LogP contribution >= 0.6 is 0 Å². The van der Waals surface area contributed by atoms with E-state index >= 15 is 0 Å². The van der Waals surface area contributed by atoms with E-state index in [9.17, 15) is 13.2 Å². The van der Waals surface area contributed by atoms with E-state index in [1.807, 2.05) is 13.8 Å². The monoisotopic (exact) mass is 207 g/mol. The lowest BCUT2D eigenvalue weighted by atomic mass is 10.2. The fourth-order valence-electron chi connectivity index (χ4n) is 0.643. The Hall–Kier alpha value is -0.580. The van der Waals surface area contributed by atoms with Gasteiger partial charge in [0.1, 0.15) is 5.25 Å². The number of hydrogen-bond acceptors (Lipinski definition) is 3. The van der Waals surface area contributed by atoms with Crippen LogP contribution in [0.15, 0.2) is 0 Å². The summed E-state index contributed by atoms with van der Waals surface area (Å²) >= 11 is 0. The van der Waals surface area contributed by atoms with Gasteiger partial charge in [-0.15, -0.1) is 0 Å². The molecule has 0 bridgehead atoms. The third kappa shape index (κ3) is 4.87. The molecule has 13 heavy (non-hydrogen) atoms. The van der Waals surface area contributed by atoms with Crippen molar-refractivity contribution >= 4 is 15.7 Å². The smallest absolute Gasteiger partial charge is 0.238 e. The van der Waals surface area contributed by atoms with Crippen molar-refractivity contribution < 1.29 is 13.2 Å². The van der Waals surface area contributed by atoms with Gasteiger partial charge in [-0.2, -0.15) is 0 Å². The highest BCUT2D eigenvalue weighted by Crippen LogP contribution is 1.98. The van der Waals surface area contributed by atoms with Crippen LogP contribution in [0.4, 0.5) is 0 Å². The summed E-state index contributed by atoms with van der Waals surface area (Å²) in [6.07, 6.45) is 1.06. The highest BCUT2D eigenvalue weighted by Gasteiger charge is 2.22. The second-order valence-corrected chi connectivity index (χ2v) is 5.98. The number of nitrogens with one attached hydrogen (secondary N) is 1. The zero-order valence-corrected chi connectivity index (χ0v) is 9.31. The normalized spacial score (nSPS) is 14.2. The second kappa shape index (κ2) is 4.60. The molecular weight excluding hydrogens is 190 g/mol. The molecule has 1 atom stereocenters. The van der Waals surface area contributed by atoms with E-state index in [1.165, 1.54) is 6.92 Å². The molecule has 0 aliphatic carbocycles. The topological polar surface area (TPSA) is 63.2 Å². The Bertz CT molecular complexity index is 269. The standard InChI is InChI=1S/C8H17NO3S/c1-6(2)5-9-8(10)7(3)13(4,11)12/h6-7H,5H2,1-4H3,(H,9,10). The summed E-state index contributed by atoms with van der Waals surface area (Å²) < 4.78 is 21.9. The minimum Gasteiger partial charge on any atom is -0.355 e. The van der Waals surface area contributed by atoms with Crippen LogP contribution in [0.3, 0.4) is 0 Å². The molecular formula is C8H17NO3S. The van der Waals surface area contributed by atoms with Crippen LogP contribution in [0.2, 0.25) is 0 Å². The van der Waals surface area contributed by atoms with Crippen LogP contribution in [-0.4, -0.2) is 32.4 Å². The Morgan fingerprint density at radius 1 is 1.31 bits per heavy atom. The van der Waals surface area contributed by atoms with Crippen molar-refractivity contribution in [3.63, 3.8) is 0 Å². The van der Waals surface area contributed by atoms with E-state index in [2.05, 4.69) is 5.32 Å². The molecule has 0 saturated carbocycles.